The first-order chi connectivity index (χ1) is 10.8. The molecule has 0 N–H and O–H groups in total. The molecule has 0 bridgehead atoms. The van der Waals surface area contributed by atoms with Crippen molar-refractivity contribution < 1.29 is 9.53 Å². The molecule has 120 valence electrons. The van der Waals surface area contributed by atoms with E-state index in [4.69, 9.17) is 4.74 Å². The van der Waals surface area contributed by atoms with Gasteiger partial charge < -0.3 is 9.64 Å². The lowest BCUT2D eigenvalue weighted by Gasteiger charge is -2.41. The zero-order chi connectivity index (χ0) is 14.9. The highest BCUT2D eigenvalue weighted by atomic mass is 32.1. The van der Waals surface area contributed by atoms with E-state index in [0.29, 0.717) is 11.9 Å². The van der Waals surface area contributed by atoms with Crippen LogP contribution in [0.4, 0.5) is 0 Å². The number of carbonyl (C=O) groups excluding carboxylic acids is 1. The summed E-state index contributed by atoms with van der Waals surface area (Å²) in [6, 6.07) is 2.70. The quantitative estimate of drug-likeness (QED) is 0.857. The third-order valence-corrected chi connectivity index (χ3v) is 6.08. The number of piperidine rings is 1. The molecule has 4 rings (SSSR count). The predicted octanol–water partition coefficient (Wildman–Crippen LogP) is 2.35. The first-order valence-electron chi connectivity index (χ1n) is 8.47. The van der Waals surface area contributed by atoms with Crippen molar-refractivity contribution in [3.05, 3.63) is 22.4 Å². The molecule has 5 heteroatoms. The van der Waals surface area contributed by atoms with Gasteiger partial charge in [-0.05, 0) is 48.1 Å². The Kier molecular flexibility index (Phi) is 4.20. The first kappa shape index (κ1) is 14.7. The third-order valence-electron chi connectivity index (χ3n) is 5.35. The number of amides is 1. The summed E-state index contributed by atoms with van der Waals surface area (Å²) in [5.74, 6) is 0.484. The number of hydrogen-bond donors (Lipinski definition) is 0. The number of thiophene rings is 1. The minimum absolute atomic E-state index is 0.121. The van der Waals surface area contributed by atoms with Crippen molar-refractivity contribution in [1.82, 2.24) is 9.80 Å². The summed E-state index contributed by atoms with van der Waals surface area (Å²) in [4.78, 5) is 17.4. The number of nitrogens with zero attached hydrogens (tertiary/aromatic N) is 2. The number of rotatable bonds is 3. The number of fused-ring (bicyclic) bond motifs is 1. The molecule has 0 saturated carbocycles. The van der Waals surface area contributed by atoms with Crippen LogP contribution in [0.3, 0.4) is 0 Å². The van der Waals surface area contributed by atoms with Crippen molar-refractivity contribution in [1.29, 1.82) is 0 Å². The van der Waals surface area contributed by atoms with Crippen LogP contribution in [-0.4, -0.2) is 54.1 Å². The Labute approximate surface area is 136 Å². The molecule has 3 saturated heterocycles. The summed E-state index contributed by atoms with van der Waals surface area (Å²) in [6.45, 7) is 4.61. The second-order valence-electron chi connectivity index (χ2n) is 6.79. The molecule has 0 unspecified atom stereocenters. The van der Waals surface area contributed by atoms with Gasteiger partial charge in [-0.2, -0.15) is 11.3 Å². The van der Waals surface area contributed by atoms with Gasteiger partial charge in [0.2, 0.25) is 5.91 Å². The number of ether oxygens (including phenoxy) is 1. The van der Waals surface area contributed by atoms with Crippen molar-refractivity contribution in [2.75, 3.05) is 26.2 Å². The first-order valence-corrected chi connectivity index (χ1v) is 9.41. The van der Waals surface area contributed by atoms with E-state index in [-0.39, 0.29) is 12.0 Å². The van der Waals surface area contributed by atoms with E-state index in [1.54, 1.807) is 11.3 Å². The minimum atomic E-state index is 0.121. The lowest BCUT2D eigenvalue weighted by molar-refractivity contribution is -0.139. The van der Waals surface area contributed by atoms with Crippen LogP contribution in [-0.2, 0) is 16.1 Å². The highest BCUT2D eigenvalue weighted by Gasteiger charge is 2.43. The fourth-order valence-electron chi connectivity index (χ4n) is 4.23. The zero-order valence-electron chi connectivity index (χ0n) is 12.9. The third kappa shape index (κ3) is 2.82. The summed E-state index contributed by atoms with van der Waals surface area (Å²) in [7, 11) is 0. The highest BCUT2D eigenvalue weighted by Crippen LogP contribution is 2.33. The van der Waals surface area contributed by atoms with Gasteiger partial charge in [0.15, 0.2) is 0 Å². The van der Waals surface area contributed by atoms with Gasteiger partial charge in [0.05, 0.1) is 12.0 Å². The van der Waals surface area contributed by atoms with E-state index in [1.165, 1.54) is 18.4 Å². The summed E-state index contributed by atoms with van der Waals surface area (Å²) < 4.78 is 5.94. The van der Waals surface area contributed by atoms with Crippen molar-refractivity contribution in [3.8, 4) is 0 Å². The van der Waals surface area contributed by atoms with Crippen molar-refractivity contribution in [3.63, 3.8) is 0 Å². The SMILES string of the molecule is O=C([C@H]1C[C@H]2OCC[C@H]2N(Cc2ccsc2)C1)N1CCCC1. The molecule has 3 atom stereocenters. The summed E-state index contributed by atoms with van der Waals surface area (Å²) in [5.41, 5.74) is 1.37. The number of carbonyl (C=O) groups is 1. The van der Waals surface area contributed by atoms with Gasteiger partial charge >= 0.3 is 0 Å². The van der Waals surface area contributed by atoms with Gasteiger partial charge in [0, 0.05) is 38.8 Å². The van der Waals surface area contributed by atoms with Gasteiger partial charge in [-0.25, -0.2) is 0 Å². The number of likely N-dealkylation sites (tertiary alicyclic amines) is 2. The average molecular weight is 320 g/mol. The molecular formula is C17H24N2O2S. The van der Waals surface area contributed by atoms with E-state index in [0.717, 1.165) is 45.6 Å². The van der Waals surface area contributed by atoms with Gasteiger partial charge in [-0.3, -0.25) is 9.69 Å². The van der Waals surface area contributed by atoms with Crippen LogP contribution < -0.4 is 0 Å². The Bertz CT molecular complexity index is 513. The fraction of sp³-hybridized carbons (Fsp3) is 0.706. The molecule has 4 heterocycles. The lowest BCUT2D eigenvalue weighted by atomic mass is 9.89. The molecule has 0 spiro atoms. The topological polar surface area (TPSA) is 32.8 Å². The second kappa shape index (κ2) is 6.30. The molecule has 1 amide bonds. The Balaban J connectivity index is 1.48. The van der Waals surface area contributed by atoms with Crippen molar-refractivity contribution in [2.24, 2.45) is 5.92 Å². The van der Waals surface area contributed by atoms with Gasteiger partial charge in [-0.1, -0.05) is 0 Å². The van der Waals surface area contributed by atoms with Crippen LogP contribution in [0.5, 0.6) is 0 Å². The average Bonchev–Trinajstić information content (AvgIpc) is 3.27. The van der Waals surface area contributed by atoms with Crippen LogP contribution in [0, 0.1) is 5.92 Å². The van der Waals surface area contributed by atoms with Crippen LogP contribution in [0.15, 0.2) is 16.8 Å². The Hall–Kier alpha value is -0.910. The molecule has 0 aliphatic carbocycles. The maximum atomic E-state index is 12.8. The van der Waals surface area contributed by atoms with Crippen molar-refractivity contribution in [2.45, 2.75) is 44.4 Å². The van der Waals surface area contributed by atoms with Crippen LogP contribution in [0.2, 0.25) is 0 Å². The van der Waals surface area contributed by atoms with Crippen LogP contribution in [0.25, 0.3) is 0 Å². The minimum Gasteiger partial charge on any atom is -0.377 e. The Morgan fingerprint density at radius 1 is 1.36 bits per heavy atom. The van der Waals surface area contributed by atoms with E-state index in [1.807, 2.05) is 0 Å². The van der Waals surface area contributed by atoms with Gasteiger partial charge in [0.25, 0.3) is 0 Å². The molecule has 0 radical (unpaired) electrons. The van der Waals surface area contributed by atoms with E-state index in [2.05, 4.69) is 26.6 Å². The molecule has 4 nitrogen and oxygen atoms in total. The molecule has 3 fully saturated rings. The van der Waals surface area contributed by atoms with E-state index >= 15 is 0 Å². The fourth-order valence-corrected chi connectivity index (χ4v) is 4.89. The van der Waals surface area contributed by atoms with Gasteiger partial charge in [0.1, 0.15) is 0 Å². The smallest absolute Gasteiger partial charge is 0.227 e. The van der Waals surface area contributed by atoms with E-state index in [9.17, 15) is 4.79 Å². The Morgan fingerprint density at radius 3 is 3.00 bits per heavy atom. The normalized spacial score (nSPS) is 32.4. The molecule has 1 aromatic heterocycles. The molecule has 3 aliphatic heterocycles. The van der Waals surface area contributed by atoms with Crippen molar-refractivity contribution >= 4 is 17.2 Å². The number of hydrogen-bond acceptors (Lipinski definition) is 4. The molecular weight excluding hydrogens is 296 g/mol. The molecule has 3 aliphatic rings. The summed E-state index contributed by atoms with van der Waals surface area (Å²) >= 11 is 1.75. The molecule has 1 aromatic rings. The second-order valence-corrected chi connectivity index (χ2v) is 7.57. The maximum absolute atomic E-state index is 12.8. The van der Waals surface area contributed by atoms with Crippen LogP contribution >= 0.6 is 11.3 Å². The Morgan fingerprint density at radius 2 is 2.23 bits per heavy atom. The zero-order valence-corrected chi connectivity index (χ0v) is 13.8. The lowest BCUT2D eigenvalue weighted by Crippen LogP contribution is -2.52. The monoisotopic (exact) mass is 320 g/mol. The molecule has 0 aromatic carbocycles. The maximum Gasteiger partial charge on any atom is 0.227 e. The van der Waals surface area contributed by atoms with Gasteiger partial charge in [-0.15, -0.1) is 0 Å². The predicted molar refractivity (Wildman–Crippen MR) is 86.8 cm³/mol. The van der Waals surface area contributed by atoms with Crippen LogP contribution in [0.1, 0.15) is 31.2 Å². The van der Waals surface area contributed by atoms with E-state index < -0.39 is 0 Å². The largest absolute Gasteiger partial charge is 0.377 e. The molecule has 22 heavy (non-hydrogen) atoms. The summed E-state index contributed by atoms with van der Waals surface area (Å²) in [5, 5.41) is 4.35. The highest BCUT2D eigenvalue weighted by molar-refractivity contribution is 7.07. The summed E-state index contributed by atoms with van der Waals surface area (Å²) in [6.07, 6.45) is 4.61. The standard InChI is InChI=1S/C17H24N2O2S/c20-17(18-5-1-2-6-18)14-9-16-15(3-7-21-16)19(11-14)10-13-4-8-22-12-13/h4,8,12,14-16H,1-3,5-7,9-11H2/t14-,15+,16+/m0/s1.